The van der Waals surface area contributed by atoms with E-state index >= 15 is 0 Å². The summed E-state index contributed by atoms with van der Waals surface area (Å²) in [4.78, 5) is 15.4. The number of carbonyl (C=O) groups is 1. The monoisotopic (exact) mass is 295 g/mol. The molecule has 0 amide bonds. The van der Waals surface area contributed by atoms with Gasteiger partial charge in [0.15, 0.2) is 0 Å². The average Bonchev–Trinajstić information content (AvgIpc) is 2.79. The van der Waals surface area contributed by atoms with Crippen LogP contribution in [0, 0.1) is 12.7 Å². The zero-order chi connectivity index (χ0) is 14.7. The highest BCUT2D eigenvalue weighted by Gasteiger charge is 2.17. The van der Waals surface area contributed by atoms with Crippen molar-refractivity contribution in [1.82, 2.24) is 4.98 Å². The Morgan fingerprint density at radius 2 is 2.30 bits per heavy atom. The van der Waals surface area contributed by atoms with Crippen molar-refractivity contribution in [3.05, 3.63) is 39.6 Å². The molecule has 0 unspecified atom stereocenters. The summed E-state index contributed by atoms with van der Waals surface area (Å²) >= 11 is 1.55. The number of hydrogen-bond acceptors (Lipinski definition) is 5. The molecule has 0 atom stereocenters. The highest BCUT2D eigenvalue weighted by Crippen LogP contribution is 2.25. The summed E-state index contributed by atoms with van der Waals surface area (Å²) in [5.41, 5.74) is 6.14. The fourth-order valence-electron chi connectivity index (χ4n) is 1.79. The fraction of sp³-hybridized carbons (Fsp3) is 0.231. The van der Waals surface area contributed by atoms with Gasteiger partial charge in [-0.15, -0.1) is 11.3 Å². The number of anilines is 2. The smallest absolute Gasteiger partial charge is 0.340 e. The molecule has 0 aliphatic carbocycles. The Kier molecular flexibility index (Phi) is 4.19. The second-order valence-corrected chi connectivity index (χ2v) is 5.19. The third kappa shape index (κ3) is 3.05. The predicted octanol–water partition coefficient (Wildman–Crippen LogP) is 2.53. The standard InChI is InChI=1S/C13H14FN3O2S/c1-7-6-20-10(17-7)4-5-16-9-3-2-8(14)12(15)11(9)13(18)19/h2-3,6,16H,4-5,15H2,1H3,(H,18,19). The molecule has 1 aromatic carbocycles. The average molecular weight is 295 g/mol. The second-order valence-electron chi connectivity index (χ2n) is 4.25. The Balaban J connectivity index is 2.09. The Labute approximate surface area is 119 Å². The van der Waals surface area contributed by atoms with Gasteiger partial charge < -0.3 is 16.2 Å². The van der Waals surface area contributed by atoms with Crippen LogP contribution in [-0.2, 0) is 6.42 Å². The fourth-order valence-corrected chi connectivity index (χ4v) is 2.57. The number of nitrogens with one attached hydrogen (secondary N) is 1. The van der Waals surface area contributed by atoms with Crippen molar-refractivity contribution in [2.75, 3.05) is 17.6 Å². The van der Waals surface area contributed by atoms with E-state index in [1.165, 1.54) is 6.07 Å². The molecule has 7 heteroatoms. The van der Waals surface area contributed by atoms with Gasteiger partial charge in [-0.05, 0) is 19.1 Å². The van der Waals surface area contributed by atoms with E-state index in [0.717, 1.165) is 16.8 Å². The molecule has 0 saturated carbocycles. The van der Waals surface area contributed by atoms with E-state index in [-0.39, 0.29) is 11.3 Å². The molecular formula is C13H14FN3O2S. The van der Waals surface area contributed by atoms with E-state index in [4.69, 9.17) is 10.8 Å². The van der Waals surface area contributed by atoms with Gasteiger partial charge in [0, 0.05) is 24.0 Å². The summed E-state index contributed by atoms with van der Waals surface area (Å²) < 4.78 is 13.3. The lowest BCUT2D eigenvalue weighted by Gasteiger charge is -2.11. The maximum Gasteiger partial charge on any atom is 0.340 e. The lowest BCUT2D eigenvalue weighted by molar-refractivity contribution is 0.0698. The third-order valence-electron chi connectivity index (χ3n) is 2.73. The van der Waals surface area contributed by atoms with Gasteiger partial charge in [-0.3, -0.25) is 0 Å². The number of benzene rings is 1. The molecule has 0 fully saturated rings. The summed E-state index contributed by atoms with van der Waals surface area (Å²) in [6.07, 6.45) is 0.662. The van der Waals surface area contributed by atoms with Gasteiger partial charge >= 0.3 is 5.97 Å². The van der Waals surface area contributed by atoms with Crippen molar-refractivity contribution in [1.29, 1.82) is 0 Å². The van der Waals surface area contributed by atoms with Crippen molar-refractivity contribution >= 4 is 28.7 Å². The zero-order valence-corrected chi connectivity index (χ0v) is 11.6. The topological polar surface area (TPSA) is 88.2 Å². The van der Waals surface area contributed by atoms with Crippen LogP contribution in [0.3, 0.4) is 0 Å². The van der Waals surface area contributed by atoms with Crippen molar-refractivity contribution in [3.63, 3.8) is 0 Å². The molecule has 0 radical (unpaired) electrons. The molecule has 1 aromatic heterocycles. The molecule has 0 saturated heterocycles. The van der Waals surface area contributed by atoms with Crippen LogP contribution in [0.5, 0.6) is 0 Å². The van der Waals surface area contributed by atoms with E-state index in [0.29, 0.717) is 18.7 Å². The number of nitrogen functional groups attached to an aromatic ring is 1. The number of nitrogens with zero attached hydrogens (tertiary/aromatic N) is 1. The Bertz CT molecular complexity index is 643. The Hall–Kier alpha value is -2.15. The minimum absolute atomic E-state index is 0.236. The Morgan fingerprint density at radius 3 is 2.90 bits per heavy atom. The van der Waals surface area contributed by atoms with Crippen LogP contribution < -0.4 is 11.1 Å². The lowest BCUT2D eigenvalue weighted by Crippen LogP contribution is -2.12. The van der Waals surface area contributed by atoms with Gasteiger partial charge in [-0.2, -0.15) is 0 Å². The quantitative estimate of drug-likeness (QED) is 0.738. The first-order chi connectivity index (χ1) is 9.49. The lowest BCUT2D eigenvalue weighted by atomic mass is 10.1. The van der Waals surface area contributed by atoms with Gasteiger partial charge in [0.1, 0.15) is 11.4 Å². The molecule has 106 valence electrons. The zero-order valence-electron chi connectivity index (χ0n) is 10.8. The van der Waals surface area contributed by atoms with Gasteiger partial charge in [-0.1, -0.05) is 0 Å². The van der Waals surface area contributed by atoms with E-state index in [1.54, 1.807) is 11.3 Å². The molecule has 20 heavy (non-hydrogen) atoms. The van der Waals surface area contributed by atoms with Crippen molar-refractivity contribution in [2.45, 2.75) is 13.3 Å². The maximum absolute atomic E-state index is 13.3. The molecule has 1 heterocycles. The number of hydrogen-bond donors (Lipinski definition) is 3. The number of thiazole rings is 1. The number of aromatic nitrogens is 1. The van der Waals surface area contributed by atoms with Crippen molar-refractivity contribution in [3.8, 4) is 0 Å². The number of rotatable bonds is 5. The number of aryl methyl sites for hydroxylation is 1. The van der Waals surface area contributed by atoms with Gasteiger partial charge in [0.05, 0.1) is 16.4 Å². The summed E-state index contributed by atoms with van der Waals surface area (Å²) in [5, 5.41) is 15.0. The largest absolute Gasteiger partial charge is 0.478 e. The summed E-state index contributed by atoms with van der Waals surface area (Å²) in [6.45, 7) is 2.41. The predicted molar refractivity (Wildman–Crippen MR) is 76.8 cm³/mol. The van der Waals surface area contributed by atoms with Crippen LogP contribution in [-0.4, -0.2) is 22.6 Å². The number of aromatic carboxylic acids is 1. The van der Waals surface area contributed by atoms with E-state index in [9.17, 15) is 9.18 Å². The molecule has 0 aliphatic heterocycles. The SMILES string of the molecule is Cc1csc(CCNc2ccc(F)c(N)c2C(=O)O)n1. The molecule has 5 nitrogen and oxygen atoms in total. The molecular weight excluding hydrogens is 281 g/mol. The number of halogens is 1. The normalized spacial score (nSPS) is 10.5. The van der Waals surface area contributed by atoms with E-state index in [2.05, 4.69) is 10.3 Å². The number of nitrogens with two attached hydrogens (primary N) is 1. The van der Waals surface area contributed by atoms with Crippen LogP contribution in [0.2, 0.25) is 0 Å². The van der Waals surface area contributed by atoms with Gasteiger partial charge in [0.25, 0.3) is 0 Å². The van der Waals surface area contributed by atoms with Crippen LogP contribution >= 0.6 is 11.3 Å². The summed E-state index contributed by atoms with van der Waals surface area (Å²) in [6, 6.07) is 2.53. The molecule has 2 rings (SSSR count). The molecule has 0 bridgehead atoms. The number of carboxylic acids is 1. The van der Waals surface area contributed by atoms with Crippen LogP contribution in [0.4, 0.5) is 15.8 Å². The van der Waals surface area contributed by atoms with Crippen molar-refractivity contribution in [2.24, 2.45) is 0 Å². The van der Waals surface area contributed by atoms with E-state index < -0.39 is 11.8 Å². The van der Waals surface area contributed by atoms with Crippen LogP contribution in [0.15, 0.2) is 17.5 Å². The first-order valence-corrected chi connectivity index (χ1v) is 6.83. The minimum atomic E-state index is -1.26. The van der Waals surface area contributed by atoms with Crippen molar-refractivity contribution < 1.29 is 14.3 Å². The number of carboxylic acid groups (broad SMARTS) is 1. The van der Waals surface area contributed by atoms with Gasteiger partial charge in [-0.25, -0.2) is 14.2 Å². The minimum Gasteiger partial charge on any atom is -0.478 e. The maximum atomic E-state index is 13.3. The Morgan fingerprint density at radius 1 is 1.55 bits per heavy atom. The van der Waals surface area contributed by atoms with Crippen LogP contribution in [0.1, 0.15) is 21.1 Å². The highest BCUT2D eigenvalue weighted by atomic mass is 32.1. The molecule has 2 aromatic rings. The third-order valence-corrected chi connectivity index (χ3v) is 3.75. The first-order valence-electron chi connectivity index (χ1n) is 5.95. The second kappa shape index (κ2) is 5.87. The van der Waals surface area contributed by atoms with Crippen LogP contribution in [0.25, 0.3) is 0 Å². The molecule has 4 N–H and O–H groups in total. The highest BCUT2D eigenvalue weighted by molar-refractivity contribution is 7.09. The van der Waals surface area contributed by atoms with Gasteiger partial charge in [0.2, 0.25) is 0 Å². The molecule has 0 spiro atoms. The van der Waals surface area contributed by atoms with E-state index in [1.807, 2.05) is 12.3 Å². The summed E-state index contributed by atoms with van der Waals surface area (Å²) in [5.74, 6) is -1.99. The molecule has 0 aliphatic rings. The summed E-state index contributed by atoms with van der Waals surface area (Å²) in [7, 11) is 0. The first kappa shape index (κ1) is 14.3.